The van der Waals surface area contributed by atoms with E-state index in [0.717, 1.165) is 39.4 Å². The molecule has 0 spiro atoms. The number of halogens is 3. The van der Waals surface area contributed by atoms with Gasteiger partial charge in [-0.1, -0.05) is 44.5 Å². The highest BCUT2D eigenvalue weighted by Gasteiger charge is 2.30. The summed E-state index contributed by atoms with van der Waals surface area (Å²) in [7, 11) is 0. The third-order valence-corrected chi connectivity index (χ3v) is 6.09. The van der Waals surface area contributed by atoms with Crippen LogP contribution in [-0.2, 0) is 32.4 Å². The second kappa shape index (κ2) is 12.2. The van der Waals surface area contributed by atoms with Crippen LogP contribution in [0.2, 0.25) is 0 Å². The van der Waals surface area contributed by atoms with Crippen LogP contribution in [0, 0.1) is 0 Å². The highest BCUT2D eigenvalue weighted by Crippen LogP contribution is 2.30. The number of hydrogen-bond acceptors (Lipinski definition) is 4. The molecule has 186 valence electrons. The summed E-state index contributed by atoms with van der Waals surface area (Å²) in [5.41, 5.74) is 3.54. The van der Waals surface area contributed by atoms with Crippen LogP contribution in [0.1, 0.15) is 58.6 Å². The SMILES string of the molecule is CCC.CSc1cccc(CNC(=O)c2cnc3c(c2)CN(Cc2ccc(C(F)(F)F)cc2)C3)c1. The van der Waals surface area contributed by atoms with Crippen molar-refractivity contribution in [2.45, 2.75) is 57.5 Å². The maximum Gasteiger partial charge on any atom is 0.416 e. The molecular formula is C27H30F3N3OS. The number of fused-ring (bicyclic) bond motifs is 1. The van der Waals surface area contributed by atoms with Gasteiger partial charge in [-0.3, -0.25) is 14.7 Å². The molecule has 1 aliphatic heterocycles. The molecule has 3 aromatic rings. The van der Waals surface area contributed by atoms with Crippen molar-refractivity contribution in [3.05, 3.63) is 94.3 Å². The van der Waals surface area contributed by atoms with Gasteiger partial charge in [0.15, 0.2) is 0 Å². The van der Waals surface area contributed by atoms with E-state index in [1.54, 1.807) is 18.0 Å². The number of amides is 1. The Bertz CT molecular complexity index is 1130. The molecule has 0 fully saturated rings. The molecule has 1 N–H and O–H groups in total. The lowest BCUT2D eigenvalue weighted by Gasteiger charge is -2.15. The molecule has 0 saturated carbocycles. The predicted octanol–water partition coefficient (Wildman–Crippen LogP) is 6.68. The zero-order valence-electron chi connectivity index (χ0n) is 20.2. The third-order valence-electron chi connectivity index (χ3n) is 5.36. The van der Waals surface area contributed by atoms with E-state index in [4.69, 9.17) is 0 Å². The maximum atomic E-state index is 12.7. The molecule has 0 radical (unpaired) electrons. The average molecular weight is 502 g/mol. The van der Waals surface area contributed by atoms with Crippen LogP contribution in [0.5, 0.6) is 0 Å². The van der Waals surface area contributed by atoms with E-state index in [9.17, 15) is 18.0 Å². The average Bonchev–Trinajstić information content (AvgIpc) is 3.24. The van der Waals surface area contributed by atoms with Crippen molar-refractivity contribution in [2.24, 2.45) is 0 Å². The Morgan fingerprint density at radius 2 is 1.77 bits per heavy atom. The minimum Gasteiger partial charge on any atom is -0.348 e. The fourth-order valence-corrected chi connectivity index (χ4v) is 4.17. The molecule has 0 bridgehead atoms. The summed E-state index contributed by atoms with van der Waals surface area (Å²) >= 11 is 1.65. The van der Waals surface area contributed by atoms with Gasteiger partial charge in [-0.25, -0.2) is 0 Å². The van der Waals surface area contributed by atoms with Crippen molar-refractivity contribution in [3.63, 3.8) is 0 Å². The van der Waals surface area contributed by atoms with Crippen LogP contribution in [0.4, 0.5) is 13.2 Å². The summed E-state index contributed by atoms with van der Waals surface area (Å²) in [6.45, 7) is 6.39. The van der Waals surface area contributed by atoms with Crippen LogP contribution in [0.3, 0.4) is 0 Å². The van der Waals surface area contributed by atoms with Crippen molar-refractivity contribution in [1.82, 2.24) is 15.2 Å². The van der Waals surface area contributed by atoms with Crippen LogP contribution >= 0.6 is 11.8 Å². The number of thioether (sulfide) groups is 1. The van der Waals surface area contributed by atoms with Gasteiger partial charge in [-0.05, 0) is 53.3 Å². The summed E-state index contributed by atoms with van der Waals surface area (Å²) in [6, 6.07) is 15.1. The van der Waals surface area contributed by atoms with Gasteiger partial charge in [0.1, 0.15) is 0 Å². The molecule has 2 heterocycles. The van der Waals surface area contributed by atoms with Crippen LogP contribution in [-0.4, -0.2) is 22.0 Å². The van der Waals surface area contributed by atoms with Crippen LogP contribution in [0.15, 0.2) is 65.7 Å². The van der Waals surface area contributed by atoms with Gasteiger partial charge < -0.3 is 5.32 Å². The Morgan fingerprint density at radius 3 is 2.43 bits per heavy atom. The van der Waals surface area contributed by atoms with E-state index < -0.39 is 11.7 Å². The highest BCUT2D eigenvalue weighted by molar-refractivity contribution is 7.98. The molecule has 8 heteroatoms. The third kappa shape index (κ3) is 7.57. The number of hydrogen-bond donors (Lipinski definition) is 1. The Morgan fingerprint density at radius 1 is 1.06 bits per heavy atom. The predicted molar refractivity (Wildman–Crippen MR) is 134 cm³/mol. The first kappa shape index (κ1) is 26.8. The smallest absolute Gasteiger partial charge is 0.348 e. The summed E-state index contributed by atoms with van der Waals surface area (Å²) in [5, 5.41) is 2.93. The van der Waals surface area contributed by atoms with E-state index >= 15 is 0 Å². The molecule has 4 nitrogen and oxygen atoms in total. The summed E-state index contributed by atoms with van der Waals surface area (Å²) < 4.78 is 38.2. The largest absolute Gasteiger partial charge is 0.416 e. The molecule has 1 aromatic heterocycles. The van der Waals surface area contributed by atoms with E-state index in [-0.39, 0.29) is 5.91 Å². The topological polar surface area (TPSA) is 45.2 Å². The first-order valence-electron chi connectivity index (χ1n) is 11.5. The second-order valence-electron chi connectivity index (χ2n) is 8.41. The fraction of sp³-hybridized carbons (Fsp3) is 0.333. The lowest BCUT2D eigenvalue weighted by molar-refractivity contribution is -0.137. The van der Waals surface area contributed by atoms with Crippen LogP contribution in [0.25, 0.3) is 0 Å². The number of alkyl halides is 3. The molecule has 0 atom stereocenters. The van der Waals surface area contributed by atoms with Crippen molar-refractivity contribution >= 4 is 17.7 Å². The zero-order valence-corrected chi connectivity index (χ0v) is 21.0. The summed E-state index contributed by atoms with van der Waals surface area (Å²) in [6.07, 6.45) is 0.504. The number of pyridine rings is 1. The van der Waals surface area contributed by atoms with Gasteiger partial charge in [-0.15, -0.1) is 11.8 Å². The number of benzene rings is 2. The highest BCUT2D eigenvalue weighted by atomic mass is 32.2. The maximum absolute atomic E-state index is 12.7. The fourth-order valence-electron chi connectivity index (χ4n) is 3.69. The first-order valence-corrected chi connectivity index (χ1v) is 12.7. The summed E-state index contributed by atoms with van der Waals surface area (Å²) in [4.78, 5) is 20.3. The molecule has 2 aromatic carbocycles. The Balaban J connectivity index is 0.00000108. The van der Waals surface area contributed by atoms with E-state index in [1.165, 1.54) is 18.6 Å². The standard InChI is InChI=1S/C24H22F3N3OS.C3H8/c1-32-21-4-2-3-17(9-21)11-29-23(31)18-10-19-14-30(15-22(19)28-12-18)13-16-5-7-20(8-6-16)24(25,26)27;1-3-2/h2-10,12H,11,13-15H2,1H3,(H,29,31);3H2,1-2H3. The molecule has 1 amide bonds. The van der Waals surface area contributed by atoms with E-state index in [1.807, 2.05) is 36.6 Å². The molecule has 4 rings (SSSR count). The second-order valence-corrected chi connectivity index (χ2v) is 9.29. The first-order chi connectivity index (χ1) is 16.7. The van der Waals surface area contributed by atoms with E-state index in [0.29, 0.717) is 31.7 Å². The van der Waals surface area contributed by atoms with Gasteiger partial charge in [-0.2, -0.15) is 13.2 Å². The zero-order chi connectivity index (χ0) is 25.4. The molecule has 1 aliphatic rings. The van der Waals surface area contributed by atoms with Gasteiger partial charge in [0.25, 0.3) is 5.91 Å². The van der Waals surface area contributed by atoms with Crippen LogP contribution < -0.4 is 5.32 Å². The molecule has 35 heavy (non-hydrogen) atoms. The molecule has 0 aliphatic carbocycles. The lowest BCUT2D eigenvalue weighted by Crippen LogP contribution is -2.23. The number of rotatable bonds is 6. The van der Waals surface area contributed by atoms with Crippen molar-refractivity contribution in [3.8, 4) is 0 Å². The number of carbonyl (C=O) groups is 1. The quantitative estimate of drug-likeness (QED) is 0.383. The van der Waals surface area contributed by atoms with Gasteiger partial charge in [0, 0.05) is 37.3 Å². The van der Waals surface area contributed by atoms with Gasteiger partial charge >= 0.3 is 6.18 Å². The number of nitrogens with zero attached hydrogens (tertiary/aromatic N) is 2. The van der Waals surface area contributed by atoms with E-state index in [2.05, 4.69) is 29.0 Å². The molecule has 0 unspecified atom stereocenters. The number of carbonyl (C=O) groups excluding carboxylic acids is 1. The van der Waals surface area contributed by atoms with Gasteiger partial charge in [0.2, 0.25) is 0 Å². The minimum atomic E-state index is -4.33. The molecular weight excluding hydrogens is 471 g/mol. The van der Waals surface area contributed by atoms with Crippen molar-refractivity contribution in [2.75, 3.05) is 6.26 Å². The summed E-state index contributed by atoms with van der Waals surface area (Å²) in [5.74, 6) is -0.184. The Labute approximate surface area is 209 Å². The van der Waals surface area contributed by atoms with Gasteiger partial charge in [0.05, 0.1) is 16.8 Å². The van der Waals surface area contributed by atoms with Crippen molar-refractivity contribution < 1.29 is 18.0 Å². The van der Waals surface area contributed by atoms with Crippen molar-refractivity contribution in [1.29, 1.82) is 0 Å². The normalized spacial score (nSPS) is 13.1. The molecule has 0 saturated heterocycles. The Hall–Kier alpha value is -2.84. The number of aromatic nitrogens is 1. The Kier molecular flexibility index (Phi) is 9.34. The minimum absolute atomic E-state index is 0.184. The lowest BCUT2D eigenvalue weighted by atomic mass is 10.1. The number of nitrogens with one attached hydrogen (secondary N) is 1. The monoisotopic (exact) mass is 501 g/mol.